The number of hydrogen-bond acceptors (Lipinski definition) is 7. The van der Waals surface area contributed by atoms with Gasteiger partial charge in [0.2, 0.25) is 27.6 Å². The van der Waals surface area contributed by atoms with Gasteiger partial charge in [0.05, 0.1) is 11.8 Å². The first kappa shape index (κ1) is 43.6. The molecule has 0 bridgehead atoms. The third kappa shape index (κ3) is 11.4. The Morgan fingerprint density at radius 2 is 1.64 bits per heavy atom. The van der Waals surface area contributed by atoms with E-state index in [4.69, 9.17) is 0 Å². The number of rotatable bonds is 18. The molecule has 3 rings (SSSR count). The fourth-order valence-electron chi connectivity index (χ4n) is 7.30. The third-order valence-corrected chi connectivity index (χ3v) is 12.5. The Hall–Kier alpha value is -3.78. The molecule has 1 heterocycles. The van der Waals surface area contributed by atoms with Crippen molar-refractivity contribution >= 4 is 39.6 Å². The summed E-state index contributed by atoms with van der Waals surface area (Å²) in [7, 11) is -2.04. The molecule has 4 N–H and O–H groups in total. The molecule has 0 aromatic heterocycles. The number of likely N-dealkylation sites (N-methyl/N-ethyl adjacent to an activating group) is 1. The lowest BCUT2D eigenvalue weighted by Crippen LogP contribution is -2.61. The van der Waals surface area contributed by atoms with E-state index in [1.54, 1.807) is 6.92 Å². The largest absolute Gasteiger partial charge is 0.346 e. The summed E-state index contributed by atoms with van der Waals surface area (Å²) >= 11 is 0. The second-order valence-corrected chi connectivity index (χ2v) is 18.2. The second kappa shape index (κ2) is 19.0. The minimum Gasteiger partial charge on any atom is -0.346 e. The van der Waals surface area contributed by atoms with Crippen LogP contribution in [0.1, 0.15) is 85.3 Å². The highest BCUT2D eigenvalue weighted by atomic mass is 32.2. The number of likely N-dealkylation sites (tertiary alicyclic amines) is 1. The number of hydrogen-bond donors (Lipinski definition) is 4. The van der Waals surface area contributed by atoms with Crippen molar-refractivity contribution in [1.82, 2.24) is 30.5 Å². The number of sulfonamides is 1. The highest BCUT2D eigenvalue weighted by Gasteiger charge is 2.48. The molecule has 14 heteroatoms. The average molecular weight is 759 g/mol. The summed E-state index contributed by atoms with van der Waals surface area (Å²) in [5.41, 5.74) is 1.63. The molecule has 53 heavy (non-hydrogen) atoms. The summed E-state index contributed by atoms with van der Waals surface area (Å²) in [6.45, 7) is 17.2. The van der Waals surface area contributed by atoms with E-state index in [-0.39, 0.29) is 49.6 Å². The van der Waals surface area contributed by atoms with E-state index in [1.807, 2.05) is 65.8 Å². The number of benzene rings is 1. The average Bonchev–Trinajstić information content (AvgIpc) is 3.75. The molecule has 296 valence electrons. The Labute approximate surface area is 316 Å². The topological polar surface area (TPSA) is 174 Å². The molecule has 0 saturated carbocycles. The summed E-state index contributed by atoms with van der Waals surface area (Å²) < 4.78 is 26.5. The lowest BCUT2D eigenvalue weighted by molar-refractivity contribution is -0.144. The maximum absolute atomic E-state index is 14.8. The van der Waals surface area contributed by atoms with E-state index in [0.29, 0.717) is 25.7 Å². The van der Waals surface area contributed by atoms with Gasteiger partial charge in [0.1, 0.15) is 12.1 Å². The van der Waals surface area contributed by atoms with Gasteiger partial charge in [0, 0.05) is 32.7 Å². The van der Waals surface area contributed by atoms with Crippen LogP contribution in [0.25, 0.3) is 0 Å². The molecule has 1 aliphatic carbocycles. The number of carbonyl (C=O) groups excluding carboxylic acids is 5. The molecule has 2 aliphatic rings. The number of fused-ring (bicyclic) bond motifs is 1. The summed E-state index contributed by atoms with van der Waals surface area (Å²) in [5, 5.41) is 11.3. The zero-order valence-corrected chi connectivity index (χ0v) is 33.7. The first-order valence-electron chi connectivity index (χ1n) is 19.0. The number of nitrogens with one attached hydrogen (secondary N) is 4. The Bertz CT molecular complexity index is 1570. The minimum atomic E-state index is -3.52. The first-order valence-corrected chi connectivity index (χ1v) is 20.6. The quantitative estimate of drug-likeness (QED) is 0.131. The lowest BCUT2D eigenvalue weighted by Gasteiger charge is -2.36. The molecule has 5 amide bonds. The third-order valence-electron chi connectivity index (χ3n) is 10.7. The molecule has 0 spiro atoms. The summed E-state index contributed by atoms with van der Waals surface area (Å²) in [4.78, 5) is 70.3. The number of carbonyl (C=O) groups is 5. The fourth-order valence-corrected chi connectivity index (χ4v) is 8.12. The van der Waals surface area contributed by atoms with Gasteiger partial charge in [0.25, 0.3) is 5.91 Å². The van der Waals surface area contributed by atoms with Gasteiger partial charge in [-0.15, -0.1) is 6.58 Å². The number of unbranched alkanes of at least 4 members (excludes halogenated alkanes) is 1. The summed E-state index contributed by atoms with van der Waals surface area (Å²) in [6, 6.07) is 3.69. The molecule has 1 saturated heterocycles. The Balaban J connectivity index is 1.95. The van der Waals surface area contributed by atoms with Crippen LogP contribution in [-0.4, -0.2) is 104 Å². The van der Waals surface area contributed by atoms with Gasteiger partial charge in [-0.05, 0) is 66.9 Å². The van der Waals surface area contributed by atoms with Crippen molar-refractivity contribution < 1.29 is 32.4 Å². The van der Waals surface area contributed by atoms with Crippen LogP contribution in [0.2, 0.25) is 0 Å². The van der Waals surface area contributed by atoms with Crippen molar-refractivity contribution in [2.24, 2.45) is 23.2 Å². The molecule has 1 aliphatic heterocycles. The molecule has 0 radical (unpaired) electrons. The van der Waals surface area contributed by atoms with Crippen LogP contribution < -0.4 is 21.3 Å². The molecule has 13 nitrogen and oxygen atoms in total. The second-order valence-electron chi connectivity index (χ2n) is 15.9. The van der Waals surface area contributed by atoms with Crippen molar-refractivity contribution in [2.45, 2.75) is 111 Å². The lowest BCUT2D eigenvalue weighted by atomic mass is 9.86. The van der Waals surface area contributed by atoms with Gasteiger partial charge in [-0.25, -0.2) is 17.5 Å². The van der Waals surface area contributed by atoms with Crippen LogP contribution in [0.4, 0.5) is 4.79 Å². The van der Waals surface area contributed by atoms with Crippen LogP contribution in [0.15, 0.2) is 36.9 Å². The van der Waals surface area contributed by atoms with Crippen molar-refractivity contribution in [3.8, 4) is 0 Å². The molecule has 1 aromatic rings. The van der Waals surface area contributed by atoms with Crippen molar-refractivity contribution in [3.05, 3.63) is 48.0 Å². The van der Waals surface area contributed by atoms with Gasteiger partial charge in [-0.1, -0.05) is 84.7 Å². The van der Waals surface area contributed by atoms with Gasteiger partial charge in [0.15, 0.2) is 0 Å². The van der Waals surface area contributed by atoms with Crippen LogP contribution >= 0.6 is 0 Å². The zero-order chi connectivity index (χ0) is 39.7. The monoisotopic (exact) mass is 758 g/mol. The van der Waals surface area contributed by atoms with Gasteiger partial charge in [-0.3, -0.25) is 19.2 Å². The van der Waals surface area contributed by atoms with E-state index < -0.39 is 69.1 Å². The Morgan fingerprint density at radius 3 is 2.17 bits per heavy atom. The van der Waals surface area contributed by atoms with E-state index in [2.05, 4.69) is 27.8 Å². The van der Waals surface area contributed by atoms with Crippen molar-refractivity contribution in [3.63, 3.8) is 0 Å². The van der Waals surface area contributed by atoms with Crippen LogP contribution in [0, 0.1) is 23.2 Å². The number of urea groups is 1. The summed E-state index contributed by atoms with van der Waals surface area (Å²) in [5.74, 6) is -3.08. The smallest absolute Gasteiger partial charge is 0.315 e. The number of Topliss-reactive ketones (excluding diaryl/α,β-unsaturated/α-hetero) is 1. The maximum atomic E-state index is 14.8. The van der Waals surface area contributed by atoms with Crippen LogP contribution in [0.5, 0.6) is 0 Å². The Kier molecular flexibility index (Phi) is 15.6. The minimum absolute atomic E-state index is 0.0126. The predicted molar refractivity (Wildman–Crippen MR) is 206 cm³/mol. The predicted octanol–water partition coefficient (Wildman–Crippen LogP) is 3.18. The Morgan fingerprint density at radius 1 is 1.02 bits per heavy atom. The maximum Gasteiger partial charge on any atom is 0.315 e. The molecule has 1 aromatic carbocycles. The van der Waals surface area contributed by atoms with Gasteiger partial charge in [-0.2, -0.15) is 0 Å². The SMILES string of the molecule is C=CCNC(=O)C(=O)C(CCCC)NC(=O)[C@@H]1[C@@H](C(C)C)CCN1C(=O)[C@@H](NC(=O)N[C@H](CN(C)S(=O)(=O)CC)C(C)(C)C)C1Cc2ccccc2C1. The van der Waals surface area contributed by atoms with Crippen molar-refractivity contribution in [1.29, 1.82) is 0 Å². The molecular weight excluding hydrogens is 697 g/mol. The van der Waals surface area contributed by atoms with E-state index >= 15 is 0 Å². The molecule has 5 atom stereocenters. The normalized spacial score (nSPS) is 19.3. The number of nitrogens with zero attached hydrogens (tertiary/aromatic N) is 2. The van der Waals surface area contributed by atoms with Crippen LogP contribution in [-0.2, 0) is 42.0 Å². The van der Waals surface area contributed by atoms with Gasteiger partial charge < -0.3 is 26.2 Å². The van der Waals surface area contributed by atoms with E-state index in [0.717, 1.165) is 17.5 Å². The van der Waals surface area contributed by atoms with Gasteiger partial charge >= 0.3 is 6.03 Å². The highest BCUT2D eigenvalue weighted by molar-refractivity contribution is 7.89. The van der Waals surface area contributed by atoms with E-state index in [1.165, 1.54) is 22.3 Å². The molecule has 1 fully saturated rings. The zero-order valence-electron chi connectivity index (χ0n) is 32.9. The molecular formula is C39H62N6O7S. The number of amides is 5. The fraction of sp³-hybridized carbons (Fsp3) is 0.667. The number of ketones is 1. The standard InChI is InChI=1S/C39H62N6O7S/c1-10-13-18-30(34(46)36(48)40-20-11-2)41-35(47)33-29(25(4)5)19-21-45(33)37(49)32(28-22-26-16-14-15-17-27(26)23-28)43-38(50)42-31(39(6,7)8)24-44(9)53(51,52)12-3/h11,14-17,25,28-33H,2,10,12-13,18-24H2,1,3-9H3,(H,40,48)(H,41,47)(H2,42,43,50)/t29-,30?,31-,32+,33+/m1/s1. The first-order chi connectivity index (χ1) is 24.9. The van der Waals surface area contributed by atoms with Crippen molar-refractivity contribution in [2.75, 3.05) is 32.4 Å². The summed E-state index contributed by atoms with van der Waals surface area (Å²) in [6.07, 6.45) is 4.71. The highest BCUT2D eigenvalue weighted by Crippen LogP contribution is 2.35. The molecule has 1 unspecified atom stereocenters. The van der Waals surface area contributed by atoms with Crippen LogP contribution in [0.3, 0.4) is 0 Å². The van der Waals surface area contributed by atoms with E-state index in [9.17, 15) is 32.4 Å².